The van der Waals surface area contributed by atoms with Crippen LogP contribution in [0.2, 0.25) is 0 Å². The Morgan fingerprint density at radius 1 is 1.75 bits per heavy atom. The van der Waals surface area contributed by atoms with Crippen LogP contribution in [0.15, 0.2) is 0 Å². The molecule has 3 atom stereocenters. The summed E-state index contributed by atoms with van der Waals surface area (Å²) < 4.78 is 7.84. The van der Waals surface area contributed by atoms with Crippen LogP contribution in [-0.2, 0) is 9.53 Å². The molecule has 1 aliphatic rings. The van der Waals surface area contributed by atoms with Gasteiger partial charge in [0.25, 0.3) is 0 Å². The van der Waals surface area contributed by atoms with Crippen molar-refractivity contribution in [1.82, 2.24) is 4.31 Å². The minimum absolute atomic E-state index is 0.299. The maximum Gasteiger partial charge on any atom is 0.308 e. The smallest absolute Gasteiger partial charge is 0.308 e. The monoisotopic (exact) mass is 267 g/mol. The van der Waals surface area contributed by atoms with Crippen molar-refractivity contribution < 1.29 is 14.6 Å². The van der Waals surface area contributed by atoms with Gasteiger partial charge in [-0.2, -0.15) is 10.1 Å². The molecule has 2 unspecified atom stereocenters. The van der Waals surface area contributed by atoms with Crippen molar-refractivity contribution in [2.75, 3.05) is 26.0 Å². The number of ether oxygens (including phenoxy) is 1. The lowest BCUT2D eigenvalue weighted by molar-refractivity contribution is -0.143. The zero-order valence-corrected chi connectivity index (χ0v) is 11.6. The third kappa shape index (κ3) is 4.16. The summed E-state index contributed by atoms with van der Waals surface area (Å²) in [4.78, 5) is 10.6. The van der Waals surface area contributed by atoms with Gasteiger partial charge in [-0.15, -0.1) is 11.7 Å². The van der Waals surface area contributed by atoms with Crippen molar-refractivity contribution in [3.63, 3.8) is 0 Å². The van der Waals surface area contributed by atoms with E-state index >= 15 is 0 Å². The molecule has 0 amide bonds. The number of hydrogen-bond acceptors (Lipinski definition) is 4. The molecule has 0 saturated carbocycles. The minimum Gasteiger partial charge on any atom is -0.481 e. The maximum absolute atomic E-state index is 10.6. The van der Waals surface area contributed by atoms with Gasteiger partial charge in [0.15, 0.2) is 0 Å². The lowest BCUT2D eigenvalue weighted by atomic mass is 10.2. The molecule has 0 spiro atoms. The molecule has 0 bridgehead atoms. The fourth-order valence-electron chi connectivity index (χ4n) is 1.82. The molecule has 1 fully saturated rings. The minimum atomic E-state index is -0.796. The van der Waals surface area contributed by atoms with E-state index in [1.807, 2.05) is 0 Å². The number of carbonyl (C=O) groups is 1. The summed E-state index contributed by atoms with van der Waals surface area (Å²) in [5.74, 6) is -1.22. The zero-order chi connectivity index (χ0) is 12.1. The number of carboxylic acid groups (broad SMARTS) is 1. The fraction of sp³-hybridized carbons (Fsp3) is 0.900. The summed E-state index contributed by atoms with van der Waals surface area (Å²) in [6.45, 7) is 3.69. The van der Waals surface area contributed by atoms with Gasteiger partial charge in [-0.1, -0.05) is 0 Å². The van der Waals surface area contributed by atoms with Crippen molar-refractivity contribution >= 4 is 27.7 Å². The SMILES string of the molecule is CC(COC[C@@H]1CCCN1[SH](C)S)C(=O)O. The molecular formula is C10H21NO3S2. The molecule has 0 radical (unpaired) electrons. The van der Waals surface area contributed by atoms with Gasteiger partial charge in [-0.05, 0) is 26.0 Å². The summed E-state index contributed by atoms with van der Waals surface area (Å²) in [5, 5.41) is 8.71. The number of nitrogens with zero attached hydrogens (tertiary/aromatic N) is 1. The molecule has 1 N–H and O–H groups in total. The van der Waals surface area contributed by atoms with E-state index < -0.39 is 11.9 Å². The summed E-state index contributed by atoms with van der Waals surface area (Å²) in [6.07, 6.45) is 4.45. The second kappa shape index (κ2) is 6.74. The Morgan fingerprint density at radius 3 is 3.00 bits per heavy atom. The van der Waals surface area contributed by atoms with Crippen LogP contribution < -0.4 is 0 Å². The van der Waals surface area contributed by atoms with Gasteiger partial charge in [-0.25, -0.2) is 0 Å². The first-order valence-corrected chi connectivity index (χ1v) is 8.41. The normalized spacial score (nSPS) is 26.7. The Kier molecular flexibility index (Phi) is 5.96. The first-order chi connectivity index (χ1) is 7.52. The van der Waals surface area contributed by atoms with Gasteiger partial charge in [0.2, 0.25) is 0 Å². The average molecular weight is 267 g/mol. The highest BCUT2D eigenvalue weighted by Gasteiger charge is 2.26. The summed E-state index contributed by atoms with van der Waals surface area (Å²) in [6, 6.07) is 0.426. The predicted molar refractivity (Wildman–Crippen MR) is 71.2 cm³/mol. The Labute approximate surface area is 105 Å². The van der Waals surface area contributed by atoms with Crippen LogP contribution in [0.1, 0.15) is 19.8 Å². The van der Waals surface area contributed by atoms with Gasteiger partial charge in [0.05, 0.1) is 19.1 Å². The maximum atomic E-state index is 10.6. The summed E-state index contributed by atoms with van der Waals surface area (Å²) in [7, 11) is -0.354. The van der Waals surface area contributed by atoms with Gasteiger partial charge in [0, 0.05) is 12.6 Å². The van der Waals surface area contributed by atoms with E-state index in [-0.39, 0.29) is 10.1 Å². The van der Waals surface area contributed by atoms with Crippen molar-refractivity contribution in [2.45, 2.75) is 25.8 Å². The second-order valence-corrected chi connectivity index (χ2v) is 7.45. The van der Waals surface area contributed by atoms with Crippen molar-refractivity contribution in [2.24, 2.45) is 5.92 Å². The lowest BCUT2D eigenvalue weighted by Crippen LogP contribution is -2.30. The molecule has 0 aromatic heterocycles. The highest BCUT2D eigenvalue weighted by Crippen LogP contribution is 2.37. The van der Waals surface area contributed by atoms with Crippen molar-refractivity contribution in [1.29, 1.82) is 0 Å². The first kappa shape index (κ1) is 14.2. The summed E-state index contributed by atoms with van der Waals surface area (Å²) in [5.41, 5.74) is 0. The van der Waals surface area contributed by atoms with E-state index in [1.54, 1.807) is 6.92 Å². The van der Waals surface area contributed by atoms with Gasteiger partial charge >= 0.3 is 5.97 Å². The van der Waals surface area contributed by atoms with Crippen molar-refractivity contribution in [3.8, 4) is 0 Å². The zero-order valence-electron chi connectivity index (χ0n) is 9.80. The molecule has 6 heteroatoms. The van der Waals surface area contributed by atoms with Crippen LogP contribution >= 0.6 is 21.8 Å². The standard InChI is InChI=1S/C10H21NO3S2/c1-8(10(12)13)6-14-7-9-4-3-5-11(9)16(2)15/h8-9,15-16H,3-7H2,1-2H3,(H,12,13)/t8?,9-/m0/s1. The molecule has 0 aliphatic carbocycles. The van der Waals surface area contributed by atoms with Crippen LogP contribution in [0.5, 0.6) is 0 Å². The molecule has 16 heavy (non-hydrogen) atoms. The Balaban J connectivity index is 2.24. The number of aliphatic carboxylic acids is 1. The number of thiol groups is 2. The molecule has 0 aromatic rings. The van der Waals surface area contributed by atoms with Gasteiger partial charge < -0.3 is 9.84 Å². The molecule has 0 aromatic carbocycles. The van der Waals surface area contributed by atoms with Gasteiger partial charge in [0.1, 0.15) is 0 Å². The largest absolute Gasteiger partial charge is 0.481 e. The molecule has 1 saturated heterocycles. The highest BCUT2D eigenvalue weighted by atomic mass is 33.1. The Morgan fingerprint density at radius 2 is 2.44 bits per heavy atom. The Bertz CT molecular complexity index is 238. The molecule has 4 nitrogen and oxygen atoms in total. The van der Waals surface area contributed by atoms with E-state index in [2.05, 4.69) is 22.2 Å². The number of carboxylic acids is 1. The highest BCUT2D eigenvalue weighted by molar-refractivity contribution is 8.76. The fourth-order valence-corrected chi connectivity index (χ4v) is 3.62. The third-order valence-corrected chi connectivity index (χ3v) is 4.78. The van der Waals surface area contributed by atoms with Crippen molar-refractivity contribution in [3.05, 3.63) is 0 Å². The summed E-state index contributed by atoms with van der Waals surface area (Å²) >= 11 is 4.49. The third-order valence-electron chi connectivity index (χ3n) is 2.82. The molecular weight excluding hydrogens is 246 g/mol. The van der Waals surface area contributed by atoms with E-state index in [1.165, 1.54) is 6.42 Å². The van der Waals surface area contributed by atoms with Crippen LogP contribution in [0, 0.1) is 5.92 Å². The molecule has 96 valence electrons. The van der Waals surface area contributed by atoms with E-state index in [4.69, 9.17) is 9.84 Å². The predicted octanol–water partition coefficient (Wildman–Crippen LogP) is 1.58. The van der Waals surface area contributed by atoms with Crippen LogP contribution in [0.4, 0.5) is 0 Å². The van der Waals surface area contributed by atoms with Crippen LogP contribution in [-0.4, -0.2) is 47.4 Å². The quantitative estimate of drug-likeness (QED) is 0.505. The first-order valence-electron chi connectivity index (χ1n) is 5.52. The van der Waals surface area contributed by atoms with Gasteiger partial charge in [-0.3, -0.25) is 9.10 Å². The van der Waals surface area contributed by atoms with E-state index in [9.17, 15) is 4.79 Å². The molecule has 1 aliphatic heterocycles. The van der Waals surface area contributed by atoms with Crippen LogP contribution in [0.25, 0.3) is 0 Å². The Hall–Kier alpha value is 0.0900. The topological polar surface area (TPSA) is 49.8 Å². The molecule has 1 heterocycles. The number of hydrogen-bond donors (Lipinski definition) is 3. The average Bonchev–Trinajstić information content (AvgIpc) is 2.65. The van der Waals surface area contributed by atoms with Crippen LogP contribution in [0.3, 0.4) is 0 Å². The lowest BCUT2D eigenvalue weighted by Gasteiger charge is -2.29. The molecule has 1 rings (SSSR count). The number of rotatable bonds is 6. The van der Waals surface area contributed by atoms with E-state index in [0.717, 1.165) is 13.0 Å². The second-order valence-electron chi connectivity index (χ2n) is 4.23. The van der Waals surface area contributed by atoms with E-state index in [0.29, 0.717) is 19.3 Å².